The zero-order chi connectivity index (χ0) is 15.0. The van der Waals surface area contributed by atoms with E-state index in [4.69, 9.17) is 9.47 Å². The van der Waals surface area contributed by atoms with Gasteiger partial charge in [-0.1, -0.05) is 19.8 Å². The van der Waals surface area contributed by atoms with Crippen LogP contribution in [-0.2, 0) is 4.79 Å². The number of carbonyl (C=O) groups is 1. The molecule has 1 unspecified atom stereocenters. The number of nitrogens with one attached hydrogen (secondary N) is 1. The van der Waals surface area contributed by atoms with Gasteiger partial charge in [0, 0.05) is 12.0 Å². The Morgan fingerprint density at radius 1 is 1.25 bits per heavy atom. The zero-order valence-electron chi connectivity index (χ0n) is 12.9. The van der Waals surface area contributed by atoms with Crippen LogP contribution in [0.15, 0.2) is 18.2 Å². The smallest absolute Gasteiger partial charge is 0.220 e. The number of rotatable bonds is 8. The summed E-state index contributed by atoms with van der Waals surface area (Å²) in [6.45, 7) is 4.08. The fourth-order valence-corrected chi connectivity index (χ4v) is 2.10. The first-order valence-electron chi connectivity index (χ1n) is 7.13. The lowest BCUT2D eigenvalue weighted by molar-refractivity contribution is -0.121. The molecule has 1 aromatic carbocycles. The third-order valence-electron chi connectivity index (χ3n) is 3.29. The SMILES string of the molecule is CCCCCC(=O)NC(C)c1cc(OC)ccc1OC. The van der Waals surface area contributed by atoms with Crippen LogP contribution in [-0.4, -0.2) is 20.1 Å². The summed E-state index contributed by atoms with van der Waals surface area (Å²) >= 11 is 0. The Kier molecular flexibility index (Phi) is 6.91. The summed E-state index contributed by atoms with van der Waals surface area (Å²) in [5.41, 5.74) is 0.927. The maximum Gasteiger partial charge on any atom is 0.220 e. The summed E-state index contributed by atoms with van der Waals surface area (Å²) in [5.74, 6) is 1.59. The summed E-state index contributed by atoms with van der Waals surface area (Å²) in [7, 11) is 3.25. The van der Waals surface area contributed by atoms with Crippen molar-refractivity contribution in [1.29, 1.82) is 0 Å². The Morgan fingerprint density at radius 2 is 2.00 bits per heavy atom. The number of hydrogen-bond donors (Lipinski definition) is 1. The first-order chi connectivity index (χ1) is 9.62. The second-order valence-corrected chi connectivity index (χ2v) is 4.85. The van der Waals surface area contributed by atoms with Gasteiger partial charge in [-0.2, -0.15) is 0 Å². The second-order valence-electron chi connectivity index (χ2n) is 4.85. The molecule has 0 saturated carbocycles. The number of ether oxygens (including phenoxy) is 2. The standard InChI is InChI=1S/C16H25NO3/c1-5-6-7-8-16(18)17-12(2)14-11-13(19-3)9-10-15(14)20-4/h9-12H,5-8H2,1-4H3,(H,17,18). The van der Waals surface area contributed by atoms with Crippen molar-refractivity contribution in [1.82, 2.24) is 5.32 Å². The summed E-state index contributed by atoms with van der Waals surface area (Å²) in [5, 5.41) is 3.01. The summed E-state index contributed by atoms with van der Waals surface area (Å²) in [6.07, 6.45) is 3.71. The van der Waals surface area contributed by atoms with Crippen LogP contribution in [0.5, 0.6) is 11.5 Å². The van der Waals surface area contributed by atoms with Gasteiger partial charge in [0.25, 0.3) is 0 Å². The van der Waals surface area contributed by atoms with Crippen molar-refractivity contribution in [3.8, 4) is 11.5 Å². The lowest BCUT2D eigenvalue weighted by atomic mass is 10.1. The van der Waals surface area contributed by atoms with Crippen LogP contribution < -0.4 is 14.8 Å². The molecule has 0 saturated heterocycles. The molecule has 4 heteroatoms. The van der Waals surface area contributed by atoms with Crippen molar-refractivity contribution < 1.29 is 14.3 Å². The van der Waals surface area contributed by atoms with E-state index in [1.54, 1.807) is 14.2 Å². The largest absolute Gasteiger partial charge is 0.497 e. The predicted octanol–water partition coefficient (Wildman–Crippen LogP) is 3.46. The number of benzene rings is 1. The van der Waals surface area contributed by atoms with Crippen LogP contribution in [0.4, 0.5) is 0 Å². The Labute approximate surface area is 121 Å². The molecule has 112 valence electrons. The molecule has 0 aromatic heterocycles. The van der Waals surface area contributed by atoms with Gasteiger partial charge in [-0.3, -0.25) is 4.79 Å². The van der Waals surface area contributed by atoms with Gasteiger partial charge in [0.2, 0.25) is 5.91 Å². The molecule has 0 aliphatic carbocycles. The van der Waals surface area contributed by atoms with E-state index in [2.05, 4.69) is 12.2 Å². The molecule has 1 N–H and O–H groups in total. The Bertz CT molecular complexity index is 432. The van der Waals surface area contributed by atoms with Gasteiger partial charge in [-0.05, 0) is 31.5 Å². The van der Waals surface area contributed by atoms with Crippen molar-refractivity contribution in [2.75, 3.05) is 14.2 Å². The number of hydrogen-bond acceptors (Lipinski definition) is 3. The van der Waals surface area contributed by atoms with Crippen LogP contribution in [0.1, 0.15) is 51.1 Å². The molecule has 4 nitrogen and oxygen atoms in total. The average molecular weight is 279 g/mol. The van der Waals surface area contributed by atoms with Crippen molar-refractivity contribution in [3.05, 3.63) is 23.8 Å². The molecule has 0 aliphatic heterocycles. The first kappa shape index (κ1) is 16.3. The van der Waals surface area contributed by atoms with Crippen LogP contribution in [0.25, 0.3) is 0 Å². The molecular formula is C16H25NO3. The molecule has 20 heavy (non-hydrogen) atoms. The maximum atomic E-state index is 11.9. The highest BCUT2D eigenvalue weighted by Gasteiger charge is 2.14. The van der Waals surface area contributed by atoms with E-state index in [0.717, 1.165) is 36.3 Å². The minimum absolute atomic E-state index is 0.0795. The quantitative estimate of drug-likeness (QED) is 0.741. The molecule has 0 spiro atoms. The first-order valence-corrected chi connectivity index (χ1v) is 7.13. The molecule has 1 aromatic rings. The molecule has 0 heterocycles. The van der Waals surface area contributed by atoms with E-state index < -0.39 is 0 Å². The second kappa shape index (κ2) is 8.46. The van der Waals surface area contributed by atoms with Crippen LogP contribution in [0.2, 0.25) is 0 Å². The van der Waals surface area contributed by atoms with E-state index in [1.165, 1.54) is 0 Å². The lowest BCUT2D eigenvalue weighted by Crippen LogP contribution is -2.26. The summed E-state index contributed by atoms with van der Waals surface area (Å²) in [4.78, 5) is 11.9. The molecule has 1 rings (SSSR count). The Hall–Kier alpha value is -1.71. The highest BCUT2D eigenvalue weighted by molar-refractivity contribution is 5.76. The Morgan fingerprint density at radius 3 is 2.60 bits per heavy atom. The van der Waals surface area contributed by atoms with E-state index in [9.17, 15) is 4.79 Å². The Balaban J connectivity index is 2.70. The topological polar surface area (TPSA) is 47.6 Å². The van der Waals surface area contributed by atoms with Crippen molar-refractivity contribution in [2.45, 2.75) is 45.6 Å². The normalized spacial score (nSPS) is 11.8. The van der Waals surface area contributed by atoms with E-state index in [-0.39, 0.29) is 11.9 Å². The number of amides is 1. The molecular weight excluding hydrogens is 254 g/mol. The number of carbonyl (C=O) groups excluding carboxylic acids is 1. The van der Waals surface area contributed by atoms with Gasteiger partial charge in [-0.15, -0.1) is 0 Å². The predicted molar refractivity (Wildman–Crippen MR) is 80.2 cm³/mol. The summed E-state index contributed by atoms with van der Waals surface area (Å²) < 4.78 is 10.6. The third kappa shape index (κ3) is 4.76. The maximum absolute atomic E-state index is 11.9. The van der Waals surface area contributed by atoms with Crippen LogP contribution in [0, 0.1) is 0 Å². The molecule has 1 amide bonds. The monoisotopic (exact) mass is 279 g/mol. The van der Waals surface area contributed by atoms with Crippen LogP contribution >= 0.6 is 0 Å². The molecule has 1 atom stereocenters. The fourth-order valence-electron chi connectivity index (χ4n) is 2.10. The third-order valence-corrected chi connectivity index (χ3v) is 3.29. The number of methoxy groups -OCH3 is 2. The van der Waals surface area contributed by atoms with Crippen molar-refractivity contribution >= 4 is 5.91 Å². The van der Waals surface area contributed by atoms with Gasteiger partial charge in [-0.25, -0.2) is 0 Å². The van der Waals surface area contributed by atoms with E-state index >= 15 is 0 Å². The lowest BCUT2D eigenvalue weighted by Gasteiger charge is -2.18. The average Bonchev–Trinajstić information content (AvgIpc) is 2.46. The highest BCUT2D eigenvalue weighted by Crippen LogP contribution is 2.29. The van der Waals surface area contributed by atoms with E-state index in [0.29, 0.717) is 6.42 Å². The fraction of sp³-hybridized carbons (Fsp3) is 0.562. The van der Waals surface area contributed by atoms with Crippen molar-refractivity contribution in [3.63, 3.8) is 0 Å². The van der Waals surface area contributed by atoms with E-state index in [1.807, 2.05) is 25.1 Å². The van der Waals surface area contributed by atoms with Gasteiger partial charge in [0.05, 0.1) is 20.3 Å². The van der Waals surface area contributed by atoms with Gasteiger partial charge < -0.3 is 14.8 Å². The molecule has 0 radical (unpaired) electrons. The van der Waals surface area contributed by atoms with Crippen LogP contribution in [0.3, 0.4) is 0 Å². The molecule has 0 aliphatic rings. The zero-order valence-corrected chi connectivity index (χ0v) is 12.9. The molecule has 0 bridgehead atoms. The van der Waals surface area contributed by atoms with Gasteiger partial charge in [0.15, 0.2) is 0 Å². The molecule has 0 fully saturated rings. The highest BCUT2D eigenvalue weighted by atomic mass is 16.5. The van der Waals surface area contributed by atoms with Gasteiger partial charge >= 0.3 is 0 Å². The number of unbranched alkanes of at least 4 members (excludes halogenated alkanes) is 2. The minimum Gasteiger partial charge on any atom is -0.497 e. The minimum atomic E-state index is -0.103. The van der Waals surface area contributed by atoms with Crippen molar-refractivity contribution in [2.24, 2.45) is 0 Å². The summed E-state index contributed by atoms with van der Waals surface area (Å²) in [6, 6.07) is 5.50. The van der Waals surface area contributed by atoms with Gasteiger partial charge in [0.1, 0.15) is 11.5 Å².